The molecule has 0 saturated carbocycles. The van der Waals surface area contributed by atoms with Crippen LogP contribution in [0.25, 0.3) is 0 Å². The summed E-state index contributed by atoms with van der Waals surface area (Å²) in [6.07, 6.45) is 0. The van der Waals surface area contributed by atoms with Crippen LogP contribution in [0.5, 0.6) is 5.75 Å². The summed E-state index contributed by atoms with van der Waals surface area (Å²) in [6, 6.07) is 8.02. The lowest BCUT2D eigenvalue weighted by Gasteiger charge is -2.12. The second-order valence-corrected chi connectivity index (χ2v) is 6.15. The van der Waals surface area contributed by atoms with Crippen molar-refractivity contribution in [3.8, 4) is 5.75 Å². The van der Waals surface area contributed by atoms with Crippen molar-refractivity contribution in [2.45, 2.75) is 6.92 Å². The molecule has 0 heterocycles. The predicted octanol–water partition coefficient (Wildman–Crippen LogP) is 4.92. The largest absolute Gasteiger partial charge is 0.496 e. The van der Waals surface area contributed by atoms with Crippen molar-refractivity contribution in [2.75, 3.05) is 12.4 Å². The van der Waals surface area contributed by atoms with Crippen LogP contribution in [0.2, 0.25) is 0 Å². The second-order valence-electron chi connectivity index (χ2n) is 4.38. The number of benzene rings is 2. The normalized spacial score (nSPS) is 10.3. The van der Waals surface area contributed by atoms with Gasteiger partial charge in [-0.15, -0.1) is 0 Å². The molecule has 1 amide bonds. The smallest absolute Gasteiger partial charge is 0.259 e. The maximum atomic E-state index is 13.4. The summed E-state index contributed by atoms with van der Waals surface area (Å²) in [5.41, 5.74) is 1.58. The highest BCUT2D eigenvalue weighted by Gasteiger charge is 2.14. The summed E-state index contributed by atoms with van der Waals surface area (Å²) in [5, 5.41) is 2.76. The third kappa shape index (κ3) is 3.63. The average molecular weight is 417 g/mol. The lowest BCUT2D eigenvalue weighted by molar-refractivity contribution is 0.102. The molecule has 0 spiro atoms. The Morgan fingerprint density at radius 2 is 1.95 bits per heavy atom. The zero-order chi connectivity index (χ0) is 15.6. The third-order valence-electron chi connectivity index (χ3n) is 2.92. The van der Waals surface area contributed by atoms with E-state index in [-0.39, 0.29) is 11.7 Å². The Hall–Kier alpha value is -1.40. The number of amides is 1. The summed E-state index contributed by atoms with van der Waals surface area (Å²) in [5.74, 6) is -0.228. The highest BCUT2D eigenvalue weighted by atomic mass is 79.9. The lowest BCUT2D eigenvalue weighted by atomic mass is 10.1. The number of hydrogen-bond acceptors (Lipinski definition) is 2. The van der Waals surface area contributed by atoms with Gasteiger partial charge in [-0.05, 0) is 58.7 Å². The average Bonchev–Trinajstić information content (AvgIpc) is 2.44. The first-order valence-electron chi connectivity index (χ1n) is 6.03. The first-order chi connectivity index (χ1) is 9.92. The van der Waals surface area contributed by atoms with Crippen molar-refractivity contribution in [3.05, 3.63) is 56.2 Å². The number of nitrogens with one attached hydrogen (secondary N) is 1. The summed E-state index contributed by atoms with van der Waals surface area (Å²) in [7, 11) is 1.50. The fourth-order valence-electron chi connectivity index (χ4n) is 1.82. The molecular formula is C15H12Br2FNO2. The summed E-state index contributed by atoms with van der Waals surface area (Å²) in [4.78, 5) is 12.3. The van der Waals surface area contributed by atoms with E-state index in [2.05, 4.69) is 37.2 Å². The van der Waals surface area contributed by atoms with Gasteiger partial charge >= 0.3 is 0 Å². The van der Waals surface area contributed by atoms with Gasteiger partial charge in [-0.25, -0.2) is 4.39 Å². The van der Waals surface area contributed by atoms with Crippen molar-refractivity contribution in [2.24, 2.45) is 0 Å². The number of rotatable bonds is 3. The molecule has 21 heavy (non-hydrogen) atoms. The maximum absolute atomic E-state index is 13.4. The highest BCUT2D eigenvalue weighted by Crippen LogP contribution is 2.27. The van der Waals surface area contributed by atoms with E-state index < -0.39 is 0 Å². The quantitative estimate of drug-likeness (QED) is 0.771. The summed E-state index contributed by atoms with van der Waals surface area (Å²) >= 11 is 6.43. The predicted molar refractivity (Wildman–Crippen MR) is 87.5 cm³/mol. The van der Waals surface area contributed by atoms with Crippen molar-refractivity contribution in [1.29, 1.82) is 0 Å². The van der Waals surface area contributed by atoms with Gasteiger partial charge in [0.05, 0.1) is 17.1 Å². The Kier molecular flexibility index (Phi) is 5.00. The highest BCUT2D eigenvalue weighted by molar-refractivity contribution is 9.10. The van der Waals surface area contributed by atoms with Gasteiger partial charge in [0.2, 0.25) is 0 Å². The van der Waals surface area contributed by atoms with Crippen LogP contribution in [0.4, 0.5) is 10.1 Å². The minimum absolute atomic E-state index is 0.297. The molecule has 3 nitrogen and oxygen atoms in total. The molecule has 0 fully saturated rings. The molecule has 0 aliphatic heterocycles. The number of aryl methyl sites for hydroxylation is 1. The molecule has 1 N–H and O–H groups in total. The number of methoxy groups -OCH3 is 1. The first-order valence-corrected chi connectivity index (χ1v) is 7.61. The molecule has 6 heteroatoms. The monoisotopic (exact) mass is 415 g/mol. The van der Waals surface area contributed by atoms with E-state index in [1.165, 1.54) is 19.2 Å². The molecule has 0 saturated heterocycles. The molecule has 0 atom stereocenters. The van der Waals surface area contributed by atoms with Gasteiger partial charge in [0.1, 0.15) is 11.6 Å². The Labute approximate surface area is 138 Å². The number of ether oxygens (including phenoxy) is 1. The standard InChI is InChI=1S/C15H12Br2FNO2/c1-8-5-12(18)11(17)7-13(8)19-15(20)10-4-3-9(16)6-14(10)21-2/h3-7H,1-2H3,(H,19,20). The van der Waals surface area contributed by atoms with Crippen molar-refractivity contribution in [3.63, 3.8) is 0 Å². The fourth-order valence-corrected chi connectivity index (χ4v) is 2.51. The van der Waals surface area contributed by atoms with Crippen LogP contribution in [-0.2, 0) is 0 Å². The Balaban J connectivity index is 2.32. The summed E-state index contributed by atoms with van der Waals surface area (Å²) < 4.78 is 19.7. The van der Waals surface area contributed by atoms with Crippen LogP contribution < -0.4 is 10.1 Å². The zero-order valence-corrected chi connectivity index (χ0v) is 14.5. The first kappa shape index (κ1) is 16.0. The van der Waals surface area contributed by atoms with Crippen LogP contribution in [-0.4, -0.2) is 13.0 Å². The molecule has 2 rings (SSSR count). The molecule has 0 unspecified atom stereocenters. The Bertz CT molecular complexity index is 704. The van der Waals surface area contributed by atoms with Crippen LogP contribution in [0, 0.1) is 12.7 Å². The topological polar surface area (TPSA) is 38.3 Å². The van der Waals surface area contributed by atoms with Gasteiger partial charge in [-0.3, -0.25) is 4.79 Å². The van der Waals surface area contributed by atoms with Crippen LogP contribution >= 0.6 is 31.9 Å². The van der Waals surface area contributed by atoms with E-state index >= 15 is 0 Å². The van der Waals surface area contributed by atoms with Crippen molar-refractivity contribution < 1.29 is 13.9 Å². The van der Waals surface area contributed by atoms with Crippen molar-refractivity contribution in [1.82, 2.24) is 0 Å². The van der Waals surface area contributed by atoms with Gasteiger partial charge in [0.15, 0.2) is 0 Å². The van der Waals surface area contributed by atoms with E-state index in [1.807, 2.05) is 0 Å². The van der Waals surface area contributed by atoms with Gasteiger partial charge in [-0.1, -0.05) is 15.9 Å². The zero-order valence-electron chi connectivity index (χ0n) is 11.3. The maximum Gasteiger partial charge on any atom is 0.259 e. The minimum Gasteiger partial charge on any atom is -0.496 e. The molecule has 0 aromatic heterocycles. The number of carbonyl (C=O) groups is 1. The molecule has 0 aliphatic carbocycles. The molecule has 0 bridgehead atoms. The van der Waals surface area contributed by atoms with E-state index in [9.17, 15) is 9.18 Å². The Morgan fingerprint density at radius 3 is 2.62 bits per heavy atom. The lowest BCUT2D eigenvalue weighted by Crippen LogP contribution is -2.14. The van der Waals surface area contributed by atoms with Crippen LogP contribution in [0.3, 0.4) is 0 Å². The Morgan fingerprint density at radius 1 is 1.24 bits per heavy atom. The molecule has 2 aromatic rings. The van der Waals surface area contributed by atoms with E-state index in [1.54, 1.807) is 25.1 Å². The minimum atomic E-state index is -0.369. The van der Waals surface area contributed by atoms with E-state index in [0.717, 1.165) is 4.47 Å². The van der Waals surface area contributed by atoms with Crippen LogP contribution in [0.1, 0.15) is 15.9 Å². The number of hydrogen-bond donors (Lipinski definition) is 1. The van der Waals surface area contributed by atoms with E-state index in [0.29, 0.717) is 27.0 Å². The number of carbonyl (C=O) groups excluding carboxylic acids is 1. The van der Waals surface area contributed by atoms with Gasteiger partial charge < -0.3 is 10.1 Å². The molecule has 0 aliphatic rings. The van der Waals surface area contributed by atoms with Crippen molar-refractivity contribution >= 4 is 43.5 Å². The molecule has 0 radical (unpaired) electrons. The molecule has 2 aromatic carbocycles. The fraction of sp³-hybridized carbons (Fsp3) is 0.133. The number of anilines is 1. The van der Waals surface area contributed by atoms with Gasteiger partial charge in [-0.2, -0.15) is 0 Å². The summed E-state index contributed by atoms with van der Waals surface area (Å²) in [6.45, 7) is 1.73. The van der Waals surface area contributed by atoms with Gasteiger partial charge in [0, 0.05) is 10.2 Å². The molecule has 110 valence electrons. The second kappa shape index (κ2) is 6.58. The number of halogens is 3. The third-order valence-corrected chi connectivity index (χ3v) is 4.02. The SMILES string of the molecule is COc1cc(Br)ccc1C(=O)Nc1cc(Br)c(F)cc1C. The van der Waals surface area contributed by atoms with Gasteiger partial charge in [0.25, 0.3) is 5.91 Å². The van der Waals surface area contributed by atoms with E-state index in [4.69, 9.17) is 4.74 Å². The van der Waals surface area contributed by atoms with Crippen LogP contribution in [0.15, 0.2) is 39.3 Å². The molecular weight excluding hydrogens is 405 g/mol.